The van der Waals surface area contributed by atoms with E-state index >= 15 is 0 Å². The van der Waals surface area contributed by atoms with E-state index in [1.165, 1.54) is 35.5 Å². The molecule has 1 aliphatic rings. The van der Waals surface area contributed by atoms with E-state index in [0.29, 0.717) is 39.9 Å². The maximum atomic E-state index is 13.4. The van der Waals surface area contributed by atoms with Crippen molar-refractivity contribution in [2.45, 2.75) is 13.0 Å². The topological polar surface area (TPSA) is 109 Å². The quantitative estimate of drug-likeness (QED) is 0.216. The SMILES string of the molecule is CCOc1ccc2nc(N3C(=O)C(=O)C(=C(O)c4cccc(OC)c4)C3c3cccc(O)c3)sc2c1. The summed E-state index contributed by atoms with van der Waals surface area (Å²) < 4.78 is 11.6. The summed E-state index contributed by atoms with van der Waals surface area (Å²) in [7, 11) is 1.49. The molecule has 1 fully saturated rings. The van der Waals surface area contributed by atoms with Gasteiger partial charge in [0.25, 0.3) is 5.78 Å². The number of rotatable bonds is 6. The molecule has 1 amide bonds. The molecular weight excluding hydrogens is 480 g/mol. The molecule has 0 spiro atoms. The van der Waals surface area contributed by atoms with Gasteiger partial charge in [-0.05, 0) is 55.0 Å². The molecule has 2 N–H and O–H groups in total. The maximum absolute atomic E-state index is 13.4. The lowest BCUT2D eigenvalue weighted by Gasteiger charge is -2.23. The maximum Gasteiger partial charge on any atom is 0.301 e. The number of hydrogen-bond acceptors (Lipinski definition) is 8. The van der Waals surface area contributed by atoms with E-state index in [-0.39, 0.29) is 17.1 Å². The normalized spacial score (nSPS) is 17.1. The number of carbonyl (C=O) groups excluding carboxylic acids is 2. The molecule has 0 bridgehead atoms. The number of methoxy groups -OCH3 is 1. The summed E-state index contributed by atoms with van der Waals surface area (Å²) in [6.45, 7) is 2.40. The van der Waals surface area contributed by atoms with Gasteiger partial charge >= 0.3 is 5.91 Å². The van der Waals surface area contributed by atoms with Crippen LogP contribution in [-0.2, 0) is 9.59 Å². The number of aromatic hydroxyl groups is 1. The van der Waals surface area contributed by atoms with Crippen LogP contribution in [0.25, 0.3) is 16.0 Å². The van der Waals surface area contributed by atoms with Crippen LogP contribution in [0.15, 0.2) is 72.3 Å². The molecule has 1 saturated heterocycles. The number of phenolic OH excluding ortho intramolecular Hbond substituents is 1. The minimum atomic E-state index is -1.00. The number of aliphatic hydroxyl groups is 1. The van der Waals surface area contributed by atoms with Crippen molar-refractivity contribution in [2.75, 3.05) is 18.6 Å². The number of benzene rings is 3. The molecule has 182 valence electrons. The Kier molecular flexibility index (Phi) is 6.07. The van der Waals surface area contributed by atoms with Crippen molar-refractivity contribution in [2.24, 2.45) is 0 Å². The molecule has 2 heterocycles. The van der Waals surface area contributed by atoms with Crippen LogP contribution in [-0.4, -0.2) is 40.6 Å². The molecule has 3 aromatic carbocycles. The van der Waals surface area contributed by atoms with Gasteiger partial charge in [-0.15, -0.1) is 0 Å². The van der Waals surface area contributed by atoms with Gasteiger partial charge in [0.15, 0.2) is 5.13 Å². The first kappa shape index (κ1) is 23.4. The Bertz CT molecular complexity index is 1530. The minimum Gasteiger partial charge on any atom is -0.508 e. The number of carbonyl (C=O) groups is 2. The van der Waals surface area contributed by atoms with Crippen LogP contribution < -0.4 is 14.4 Å². The van der Waals surface area contributed by atoms with E-state index in [1.807, 2.05) is 13.0 Å². The molecule has 1 unspecified atom stereocenters. The number of fused-ring (bicyclic) bond motifs is 1. The Morgan fingerprint density at radius 2 is 1.86 bits per heavy atom. The second-order valence-corrected chi connectivity index (χ2v) is 9.06. The number of hydrogen-bond donors (Lipinski definition) is 2. The zero-order valence-electron chi connectivity index (χ0n) is 19.5. The first-order chi connectivity index (χ1) is 17.4. The molecular formula is C27H22N2O6S. The number of thiazole rings is 1. The summed E-state index contributed by atoms with van der Waals surface area (Å²) >= 11 is 1.23. The molecule has 1 aromatic heterocycles. The molecule has 4 aromatic rings. The summed E-state index contributed by atoms with van der Waals surface area (Å²) in [5, 5.41) is 21.7. The molecule has 0 saturated carbocycles. The zero-order chi connectivity index (χ0) is 25.4. The third-order valence-corrected chi connectivity index (χ3v) is 6.86. The molecule has 1 atom stereocenters. The molecule has 0 aliphatic carbocycles. The Hall–Kier alpha value is -4.37. The van der Waals surface area contributed by atoms with Crippen LogP contribution in [0.3, 0.4) is 0 Å². The lowest BCUT2D eigenvalue weighted by atomic mass is 9.95. The smallest absolute Gasteiger partial charge is 0.301 e. The highest BCUT2D eigenvalue weighted by Crippen LogP contribution is 2.45. The van der Waals surface area contributed by atoms with Crippen LogP contribution in [0, 0.1) is 0 Å². The van der Waals surface area contributed by atoms with Gasteiger partial charge in [-0.25, -0.2) is 4.98 Å². The number of anilines is 1. The van der Waals surface area contributed by atoms with Gasteiger partial charge in [0.05, 0.1) is 35.5 Å². The molecule has 0 radical (unpaired) electrons. The lowest BCUT2D eigenvalue weighted by molar-refractivity contribution is -0.132. The highest BCUT2D eigenvalue weighted by molar-refractivity contribution is 7.22. The average Bonchev–Trinajstić information content (AvgIpc) is 3.41. The second-order valence-electron chi connectivity index (χ2n) is 8.06. The lowest BCUT2D eigenvalue weighted by Crippen LogP contribution is -2.29. The van der Waals surface area contributed by atoms with Crippen molar-refractivity contribution in [1.82, 2.24) is 4.98 Å². The number of ketones is 1. The van der Waals surface area contributed by atoms with E-state index in [1.54, 1.807) is 48.5 Å². The minimum absolute atomic E-state index is 0.0369. The van der Waals surface area contributed by atoms with Gasteiger partial charge in [-0.2, -0.15) is 0 Å². The van der Waals surface area contributed by atoms with Crippen LogP contribution in [0.4, 0.5) is 5.13 Å². The van der Waals surface area contributed by atoms with E-state index in [2.05, 4.69) is 4.98 Å². The van der Waals surface area contributed by atoms with Gasteiger partial charge in [-0.3, -0.25) is 14.5 Å². The standard InChI is InChI=1S/C27H22N2O6S/c1-3-35-19-10-11-20-21(14-19)36-27(28-20)29-23(15-6-4-8-17(30)12-15)22(25(32)26(29)33)24(31)16-7-5-9-18(13-16)34-2/h4-14,23,30-31H,3H2,1-2H3. The van der Waals surface area contributed by atoms with Crippen molar-refractivity contribution < 1.29 is 29.3 Å². The fourth-order valence-corrected chi connectivity index (χ4v) is 5.24. The van der Waals surface area contributed by atoms with Crippen molar-refractivity contribution in [3.63, 3.8) is 0 Å². The fraction of sp³-hybridized carbons (Fsp3) is 0.148. The first-order valence-corrected chi connectivity index (χ1v) is 12.0. The van der Waals surface area contributed by atoms with Gasteiger partial charge in [0.2, 0.25) is 0 Å². The number of phenols is 1. The van der Waals surface area contributed by atoms with Gasteiger partial charge in [0, 0.05) is 5.56 Å². The van der Waals surface area contributed by atoms with Gasteiger partial charge in [0.1, 0.15) is 23.0 Å². The third-order valence-electron chi connectivity index (χ3n) is 5.84. The monoisotopic (exact) mass is 502 g/mol. The highest BCUT2D eigenvalue weighted by atomic mass is 32.1. The predicted octanol–water partition coefficient (Wildman–Crippen LogP) is 5.04. The van der Waals surface area contributed by atoms with E-state index in [9.17, 15) is 19.8 Å². The number of ether oxygens (including phenoxy) is 2. The Labute approximate surface area is 210 Å². The van der Waals surface area contributed by atoms with E-state index in [4.69, 9.17) is 9.47 Å². The van der Waals surface area contributed by atoms with Crippen molar-refractivity contribution >= 4 is 44.1 Å². The second kappa shape index (κ2) is 9.35. The number of aromatic nitrogens is 1. The fourth-order valence-electron chi connectivity index (χ4n) is 4.22. The van der Waals surface area contributed by atoms with Crippen LogP contribution in [0.1, 0.15) is 24.1 Å². The van der Waals surface area contributed by atoms with Crippen molar-refractivity contribution in [1.29, 1.82) is 0 Å². The Balaban J connectivity index is 1.70. The summed E-state index contributed by atoms with van der Waals surface area (Å²) in [5.74, 6) is -0.897. The number of amides is 1. The Morgan fingerprint density at radius 1 is 1.06 bits per heavy atom. The zero-order valence-corrected chi connectivity index (χ0v) is 20.3. The highest BCUT2D eigenvalue weighted by Gasteiger charge is 2.48. The van der Waals surface area contributed by atoms with E-state index in [0.717, 1.165) is 4.70 Å². The van der Waals surface area contributed by atoms with Crippen molar-refractivity contribution in [3.8, 4) is 17.2 Å². The van der Waals surface area contributed by atoms with Crippen LogP contribution in [0.2, 0.25) is 0 Å². The van der Waals surface area contributed by atoms with E-state index < -0.39 is 17.7 Å². The van der Waals surface area contributed by atoms with Crippen LogP contribution in [0.5, 0.6) is 17.2 Å². The molecule has 8 nitrogen and oxygen atoms in total. The largest absolute Gasteiger partial charge is 0.508 e. The number of aliphatic hydroxyl groups excluding tert-OH is 1. The first-order valence-electron chi connectivity index (χ1n) is 11.2. The third kappa shape index (κ3) is 4.03. The molecule has 1 aliphatic heterocycles. The number of nitrogens with zero attached hydrogens (tertiary/aromatic N) is 2. The van der Waals surface area contributed by atoms with Gasteiger partial charge < -0.3 is 19.7 Å². The van der Waals surface area contributed by atoms with Crippen molar-refractivity contribution in [3.05, 3.63) is 83.4 Å². The molecule has 36 heavy (non-hydrogen) atoms. The van der Waals surface area contributed by atoms with Crippen LogP contribution >= 0.6 is 11.3 Å². The summed E-state index contributed by atoms with van der Waals surface area (Å²) in [4.78, 5) is 32.6. The van der Waals surface area contributed by atoms with Gasteiger partial charge in [-0.1, -0.05) is 35.6 Å². The molecule has 5 rings (SSSR count). The summed E-state index contributed by atoms with van der Waals surface area (Å²) in [5.41, 5.74) is 1.31. The predicted molar refractivity (Wildman–Crippen MR) is 137 cm³/mol. The summed E-state index contributed by atoms with van der Waals surface area (Å²) in [6.07, 6.45) is 0. The Morgan fingerprint density at radius 3 is 2.61 bits per heavy atom. The average molecular weight is 503 g/mol. The number of Topliss-reactive ketones (excluding diaryl/α,β-unsaturated/α-hetero) is 1. The summed E-state index contributed by atoms with van der Waals surface area (Å²) in [6, 6.07) is 17.2. The molecule has 9 heteroatoms.